The zero-order valence-electron chi connectivity index (χ0n) is 11.5. The van der Waals surface area contributed by atoms with Gasteiger partial charge in [0.1, 0.15) is 0 Å². The molecule has 1 heteroatoms. The summed E-state index contributed by atoms with van der Waals surface area (Å²) in [5.74, 6) is 0.794. The van der Waals surface area contributed by atoms with Crippen LogP contribution in [-0.4, -0.2) is 6.54 Å². The summed E-state index contributed by atoms with van der Waals surface area (Å²) in [7, 11) is 0. The number of benzene rings is 2. The summed E-state index contributed by atoms with van der Waals surface area (Å²) in [6, 6.07) is 20.2. The first-order valence-electron chi connectivity index (χ1n) is 7.27. The Kier molecular flexibility index (Phi) is 3.65. The molecule has 0 saturated carbocycles. The monoisotopic (exact) mass is 251 g/mol. The van der Waals surface area contributed by atoms with Crippen molar-refractivity contribution in [3.63, 3.8) is 0 Å². The molecule has 0 bridgehead atoms. The van der Waals surface area contributed by atoms with E-state index in [0.29, 0.717) is 6.04 Å². The van der Waals surface area contributed by atoms with Gasteiger partial charge in [-0.15, -0.1) is 0 Å². The molecule has 0 aromatic heterocycles. The molecule has 0 radical (unpaired) electrons. The fourth-order valence-corrected chi connectivity index (χ4v) is 3.10. The van der Waals surface area contributed by atoms with Crippen LogP contribution in [0.1, 0.15) is 31.4 Å². The van der Waals surface area contributed by atoms with Gasteiger partial charge >= 0.3 is 0 Å². The summed E-state index contributed by atoms with van der Waals surface area (Å²) >= 11 is 0. The van der Waals surface area contributed by atoms with Crippen LogP contribution in [0.15, 0.2) is 54.6 Å². The molecule has 2 aromatic carbocycles. The van der Waals surface area contributed by atoms with Gasteiger partial charge < -0.3 is 5.32 Å². The first kappa shape index (κ1) is 12.4. The maximum Gasteiger partial charge on any atom is 0.0349 e. The van der Waals surface area contributed by atoms with Gasteiger partial charge in [0, 0.05) is 6.04 Å². The van der Waals surface area contributed by atoms with Crippen molar-refractivity contribution in [2.75, 3.05) is 6.54 Å². The molecule has 1 heterocycles. The molecule has 3 rings (SSSR count). The van der Waals surface area contributed by atoms with Crippen molar-refractivity contribution in [2.45, 2.75) is 25.8 Å². The molecular formula is C18H21N. The zero-order chi connectivity index (χ0) is 13.1. The summed E-state index contributed by atoms with van der Waals surface area (Å²) in [5, 5.41) is 3.63. The van der Waals surface area contributed by atoms with Gasteiger partial charge in [0.05, 0.1) is 0 Å². The van der Waals surface area contributed by atoms with E-state index in [2.05, 4.69) is 66.8 Å². The lowest BCUT2D eigenvalue weighted by Crippen LogP contribution is -2.17. The largest absolute Gasteiger partial charge is 0.310 e. The zero-order valence-corrected chi connectivity index (χ0v) is 11.5. The highest BCUT2D eigenvalue weighted by Crippen LogP contribution is 2.32. The van der Waals surface area contributed by atoms with Gasteiger partial charge in [-0.25, -0.2) is 0 Å². The Morgan fingerprint density at radius 2 is 1.63 bits per heavy atom. The van der Waals surface area contributed by atoms with Gasteiger partial charge in [-0.1, -0.05) is 67.9 Å². The molecule has 0 aliphatic carbocycles. The number of hydrogen-bond acceptors (Lipinski definition) is 1. The van der Waals surface area contributed by atoms with E-state index in [1.165, 1.54) is 29.5 Å². The number of nitrogens with one attached hydrogen (secondary N) is 1. The van der Waals surface area contributed by atoms with E-state index in [1.54, 1.807) is 0 Å². The second kappa shape index (κ2) is 5.58. The molecule has 1 saturated heterocycles. The van der Waals surface area contributed by atoms with Crippen molar-refractivity contribution in [3.8, 4) is 11.1 Å². The van der Waals surface area contributed by atoms with Crippen LogP contribution >= 0.6 is 0 Å². The Hall–Kier alpha value is -1.60. The summed E-state index contributed by atoms with van der Waals surface area (Å²) in [6.07, 6.45) is 2.57. The van der Waals surface area contributed by atoms with Crippen LogP contribution in [0, 0.1) is 5.92 Å². The molecule has 2 aromatic rings. The SMILES string of the molecule is CCC1CCNC1c1ccc(-c2ccccc2)cc1. The molecule has 1 aliphatic rings. The normalized spacial score (nSPS) is 22.6. The second-order valence-electron chi connectivity index (χ2n) is 5.38. The Balaban J connectivity index is 1.83. The second-order valence-corrected chi connectivity index (χ2v) is 5.38. The Bertz CT molecular complexity index is 515. The van der Waals surface area contributed by atoms with E-state index in [0.717, 1.165) is 12.5 Å². The van der Waals surface area contributed by atoms with Gasteiger partial charge in [-0.3, -0.25) is 0 Å². The molecule has 0 amide bonds. The quantitative estimate of drug-likeness (QED) is 0.851. The molecule has 2 unspecified atom stereocenters. The van der Waals surface area contributed by atoms with E-state index in [-0.39, 0.29) is 0 Å². The van der Waals surface area contributed by atoms with Gasteiger partial charge in [0.25, 0.3) is 0 Å². The van der Waals surface area contributed by atoms with Crippen LogP contribution in [0.2, 0.25) is 0 Å². The minimum Gasteiger partial charge on any atom is -0.310 e. The van der Waals surface area contributed by atoms with Crippen LogP contribution in [0.4, 0.5) is 0 Å². The molecule has 1 N–H and O–H groups in total. The highest BCUT2D eigenvalue weighted by Gasteiger charge is 2.26. The van der Waals surface area contributed by atoms with E-state index >= 15 is 0 Å². The van der Waals surface area contributed by atoms with Gasteiger partial charge in [0.2, 0.25) is 0 Å². The predicted octanol–water partition coefficient (Wildman–Crippen LogP) is 4.41. The van der Waals surface area contributed by atoms with Gasteiger partial charge in [-0.2, -0.15) is 0 Å². The van der Waals surface area contributed by atoms with Crippen LogP contribution in [-0.2, 0) is 0 Å². The highest BCUT2D eigenvalue weighted by molar-refractivity contribution is 5.63. The third-order valence-corrected chi connectivity index (χ3v) is 4.25. The summed E-state index contributed by atoms with van der Waals surface area (Å²) in [5.41, 5.74) is 4.03. The minimum absolute atomic E-state index is 0.551. The molecule has 1 aliphatic heterocycles. The summed E-state index contributed by atoms with van der Waals surface area (Å²) in [4.78, 5) is 0. The molecule has 2 atom stereocenters. The van der Waals surface area contributed by atoms with E-state index in [9.17, 15) is 0 Å². The van der Waals surface area contributed by atoms with Crippen molar-refractivity contribution in [1.29, 1.82) is 0 Å². The van der Waals surface area contributed by atoms with E-state index in [4.69, 9.17) is 0 Å². The Labute approximate surface area is 115 Å². The minimum atomic E-state index is 0.551. The smallest absolute Gasteiger partial charge is 0.0349 e. The number of hydrogen-bond donors (Lipinski definition) is 1. The van der Waals surface area contributed by atoms with Crippen LogP contribution in [0.25, 0.3) is 11.1 Å². The van der Waals surface area contributed by atoms with Crippen LogP contribution in [0.3, 0.4) is 0 Å². The van der Waals surface area contributed by atoms with Crippen LogP contribution < -0.4 is 5.32 Å². The van der Waals surface area contributed by atoms with Crippen molar-refractivity contribution < 1.29 is 0 Å². The third-order valence-electron chi connectivity index (χ3n) is 4.25. The Morgan fingerprint density at radius 1 is 0.947 bits per heavy atom. The predicted molar refractivity (Wildman–Crippen MR) is 81.0 cm³/mol. The fraction of sp³-hybridized carbons (Fsp3) is 0.333. The molecule has 98 valence electrons. The molecule has 0 spiro atoms. The van der Waals surface area contributed by atoms with Crippen molar-refractivity contribution in [3.05, 3.63) is 60.2 Å². The highest BCUT2D eigenvalue weighted by atomic mass is 14.9. The lowest BCUT2D eigenvalue weighted by atomic mass is 9.91. The maximum atomic E-state index is 3.63. The van der Waals surface area contributed by atoms with E-state index < -0.39 is 0 Å². The van der Waals surface area contributed by atoms with Gasteiger partial charge in [-0.05, 0) is 35.6 Å². The average molecular weight is 251 g/mol. The molecule has 1 fully saturated rings. The fourth-order valence-electron chi connectivity index (χ4n) is 3.10. The Morgan fingerprint density at radius 3 is 2.32 bits per heavy atom. The van der Waals surface area contributed by atoms with Crippen molar-refractivity contribution in [2.24, 2.45) is 5.92 Å². The lowest BCUT2D eigenvalue weighted by Gasteiger charge is -2.18. The van der Waals surface area contributed by atoms with E-state index in [1.807, 2.05) is 0 Å². The molecule has 1 nitrogen and oxygen atoms in total. The standard InChI is InChI=1S/C18H21N/c1-2-14-12-13-19-18(14)17-10-8-16(9-11-17)15-6-4-3-5-7-15/h3-11,14,18-19H,2,12-13H2,1H3. The first-order chi connectivity index (χ1) is 9.38. The van der Waals surface area contributed by atoms with Crippen molar-refractivity contribution >= 4 is 0 Å². The van der Waals surface area contributed by atoms with Gasteiger partial charge in [0.15, 0.2) is 0 Å². The van der Waals surface area contributed by atoms with Crippen LogP contribution in [0.5, 0.6) is 0 Å². The third kappa shape index (κ3) is 2.57. The molecule has 19 heavy (non-hydrogen) atoms. The maximum absolute atomic E-state index is 3.63. The average Bonchev–Trinajstić information content (AvgIpc) is 2.97. The lowest BCUT2D eigenvalue weighted by molar-refractivity contribution is 0.449. The van der Waals surface area contributed by atoms with Crippen molar-refractivity contribution in [1.82, 2.24) is 5.32 Å². The summed E-state index contributed by atoms with van der Waals surface area (Å²) < 4.78 is 0. The number of rotatable bonds is 3. The first-order valence-corrected chi connectivity index (χ1v) is 7.27. The molecular weight excluding hydrogens is 230 g/mol. The topological polar surface area (TPSA) is 12.0 Å². The summed E-state index contributed by atoms with van der Waals surface area (Å²) in [6.45, 7) is 3.45.